The Balaban J connectivity index is 1.42. The van der Waals surface area contributed by atoms with Gasteiger partial charge in [-0.15, -0.1) is 0 Å². The number of nitrogens with zero attached hydrogens (tertiary/aromatic N) is 3. The molecule has 0 aromatic heterocycles. The molecule has 196 valence electrons. The van der Waals surface area contributed by atoms with Crippen molar-refractivity contribution in [3.63, 3.8) is 0 Å². The first kappa shape index (κ1) is 26.4. The van der Waals surface area contributed by atoms with E-state index in [1.165, 1.54) is 51.4 Å². The predicted octanol–water partition coefficient (Wildman–Crippen LogP) is 4.02. The maximum Gasteiger partial charge on any atom is 0.224 e. The van der Waals surface area contributed by atoms with E-state index < -0.39 is 5.54 Å². The molecule has 0 spiro atoms. The molecule has 35 heavy (non-hydrogen) atoms. The van der Waals surface area contributed by atoms with Gasteiger partial charge in [0.25, 0.3) is 0 Å². The molecule has 0 aromatic carbocycles. The molecular formula is C28H46N4O3. The van der Waals surface area contributed by atoms with Crippen LogP contribution >= 0.6 is 0 Å². The maximum absolute atomic E-state index is 13.7. The number of nitrogens with one attached hydrogen (secondary N) is 1. The fourth-order valence-corrected chi connectivity index (χ4v) is 6.99. The van der Waals surface area contributed by atoms with Gasteiger partial charge in [0.15, 0.2) is 0 Å². The summed E-state index contributed by atoms with van der Waals surface area (Å²) >= 11 is 0. The number of carbonyl (C=O) groups excluding carboxylic acids is 2. The summed E-state index contributed by atoms with van der Waals surface area (Å²) in [5, 5.41) is 13.3. The molecule has 4 unspecified atom stereocenters. The van der Waals surface area contributed by atoms with Gasteiger partial charge >= 0.3 is 0 Å². The van der Waals surface area contributed by atoms with Gasteiger partial charge in [0.05, 0.1) is 18.3 Å². The summed E-state index contributed by atoms with van der Waals surface area (Å²) in [5.74, 6) is 0.0812. The minimum absolute atomic E-state index is 0.0134. The summed E-state index contributed by atoms with van der Waals surface area (Å²) < 4.78 is 5.80. The standard InChI is InChI=1S/C28H46N4O3/c1-21-17-32(18-22(2)35-21)26(33)16-24(15-23-9-5-3-6-10-23)27(34)30-28(19-29)13-14-31(20-28)25-11-7-4-8-12-25/h21-25H,3-18,20H2,1-2H3,(H,30,34). The number of amides is 2. The third-order valence-corrected chi connectivity index (χ3v) is 8.87. The number of nitriles is 1. The van der Waals surface area contributed by atoms with Gasteiger partial charge in [0, 0.05) is 44.6 Å². The molecule has 2 amide bonds. The third-order valence-electron chi connectivity index (χ3n) is 8.87. The Labute approximate surface area is 211 Å². The Morgan fingerprint density at radius 3 is 2.29 bits per heavy atom. The van der Waals surface area contributed by atoms with Crippen LogP contribution in [0.15, 0.2) is 0 Å². The number of rotatable bonds is 7. The number of ether oxygens (including phenoxy) is 1. The van der Waals surface area contributed by atoms with E-state index in [1.807, 2.05) is 18.7 Å². The molecule has 0 radical (unpaired) electrons. The van der Waals surface area contributed by atoms with Crippen LogP contribution in [0.2, 0.25) is 0 Å². The van der Waals surface area contributed by atoms with Crippen molar-refractivity contribution in [3.05, 3.63) is 0 Å². The SMILES string of the molecule is CC1CN(C(=O)CC(CC2CCCCC2)C(=O)NC2(C#N)CCN(C3CCCCC3)C2)CC(C)O1. The Bertz CT molecular complexity index is 761. The van der Waals surface area contributed by atoms with E-state index in [-0.39, 0.29) is 36.4 Å². The molecule has 0 aromatic rings. The molecule has 0 bridgehead atoms. The fourth-order valence-electron chi connectivity index (χ4n) is 6.99. The number of morpholine rings is 1. The van der Waals surface area contributed by atoms with E-state index in [2.05, 4.69) is 16.3 Å². The van der Waals surface area contributed by atoms with Gasteiger partial charge in [-0.05, 0) is 45.4 Å². The highest BCUT2D eigenvalue weighted by Crippen LogP contribution is 2.33. The Morgan fingerprint density at radius 1 is 1.03 bits per heavy atom. The lowest BCUT2D eigenvalue weighted by Crippen LogP contribution is -2.53. The number of carbonyl (C=O) groups is 2. The zero-order chi connectivity index (χ0) is 24.8. The molecule has 2 aliphatic carbocycles. The summed E-state index contributed by atoms with van der Waals surface area (Å²) in [6.07, 6.45) is 13.9. The van der Waals surface area contributed by atoms with Crippen molar-refractivity contribution in [1.29, 1.82) is 5.26 Å². The normalized spacial score (nSPS) is 32.2. The molecular weight excluding hydrogens is 440 g/mol. The van der Waals surface area contributed by atoms with Crippen LogP contribution in [-0.2, 0) is 14.3 Å². The van der Waals surface area contributed by atoms with Crippen LogP contribution in [-0.4, -0.2) is 71.6 Å². The minimum atomic E-state index is -0.829. The Morgan fingerprint density at radius 2 is 1.66 bits per heavy atom. The second-order valence-electron chi connectivity index (χ2n) is 11.9. The van der Waals surface area contributed by atoms with Crippen molar-refractivity contribution in [2.24, 2.45) is 11.8 Å². The number of hydrogen-bond donors (Lipinski definition) is 1. The van der Waals surface area contributed by atoms with E-state index in [0.717, 1.165) is 25.8 Å². The quantitative estimate of drug-likeness (QED) is 0.588. The summed E-state index contributed by atoms with van der Waals surface area (Å²) in [7, 11) is 0. The van der Waals surface area contributed by atoms with E-state index in [0.29, 0.717) is 38.0 Å². The molecule has 4 atom stereocenters. The van der Waals surface area contributed by atoms with Gasteiger partial charge in [-0.3, -0.25) is 14.5 Å². The van der Waals surface area contributed by atoms with E-state index in [1.54, 1.807) is 0 Å². The smallest absolute Gasteiger partial charge is 0.224 e. The van der Waals surface area contributed by atoms with Crippen LogP contribution in [0.3, 0.4) is 0 Å². The first-order valence-electron chi connectivity index (χ1n) is 14.3. The molecule has 7 nitrogen and oxygen atoms in total. The fraction of sp³-hybridized carbons (Fsp3) is 0.893. The lowest BCUT2D eigenvalue weighted by molar-refractivity contribution is -0.146. The van der Waals surface area contributed by atoms with Gasteiger partial charge in [-0.25, -0.2) is 0 Å². The van der Waals surface area contributed by atoms with Crippen molar-refractivity contribution in [2.45, 2.75) is 121 Å². The van der Waals surface area contributed by atoms with Crippen molar-refractivity contribution in [1.82, 2.24) is 15.1 Å². The number of hydrogen-bond acceptors (Lipinski definition) is 5. The molecule has 2 saturated carbocycles. The summed E-state index contributed by atoms with van der Waals surface area (Å²) in [6.45, 7) is 6.64. The third kappa shape index (κ3) is 6.98. The minimum Gasteiger partial charge on any atom is -0.372 e. The topological polar surface area (TPSA) is 85.7 Å². The van der Waals surface area contributed by atoms with Gasteiger partial charge in [-0.1, -0.05) is 51.4 Å². The Kier molecular flexibility index (Phi) is 9.10. The van der Waals surface area contributed by atoms with Crippen molar-refractivity contribution >= 4 is 11.8 Å². The monoisotopic (exact) mass is 486 g/mol. The molecule has 2 heterocycles. The highest BCUT2D eigenvalue weighted by Gasteiger charge is 2.43. The highest BCUT2D eigenvalue weighted by atomic mass is 16.5. The average molecular weight is 487 g/mol. The van der Waals surface area contributed by atoms with Gasteiger partial charge in [0.2, 0.25) is 11.8 Å². The van der Waals surface area contributed by atoms with Crippen LogP contribution in [0.4, 0.5) is 0 Å². The first-order chi connectivity index (χ1) is 16.9. The zero-order valence-electron chi connectivity index (χ0n) is 22.0. The number of likely N-dealkylation sites (tertiary alicyclic amines) is 1. The summed E-state index contributed by atoms with van der Waals surface area (Å²) in [4.78, 5) is 31.3. The van der Waals surface area contributed by atoms with Crippen LogP contribution in [0.5, 0.6) is 0 Å². The van der Waals surface area contributed by atoms with E-state index >= 15 is 0 Å². The van der Waals surface area contributed by atoms with Gasteiger partial charge < -0.3 is 15.0 Å². The molecule has 2 aliphatic heterocycles. The van der Waals surface area contributed by atoms with Crippen molar-refractivity contribution in [3.8, 4) is 6.07 Å². The zero-order valence-corrected chi connectivity index (χ0v) is 22.0. The molecule has 4 rings (SSSR count). The van der Waals surface area contributed by atoms with Crippen LogP contribution in [0.1, 0.15) is 97.3 Å². The van der Waals surface area contributed by atoms with Crippen molar-refractivity contribution in [2.75, 3.05) is 26.2 Å². The van der Waals surface area contributed by atoms with E-state index in [4.69, 9.17) is 4.74 Å². The first-order valence-corrected chi connectivity index (χ1v) is 14.3. The predicted molar refractivity (Wildman–Crippen MR) is 135 cm³/mol. The van der Waals surface area contributed by atoms with Crippen LogP contribution in [0, 0.1) is 23.2 Å². The van der Waals surface area contributed by atoms with E-state index in [9.17, 15) is 14.9 Å². The largest absolute Gasteiger partial charge is 0.372 e. The highest BCUT2D eigenvalue weighted by molar-refractivity contribution is 5.86. The Hall–Kier alpha value is -1.65. The molecule has 1 N–H and O–H groups in total. The lowest BCUT2D eigenvalue weighted by Gasteiger charge is -2.36. The molecule has 7 heteroatoms. The van der Waals surface area contributed by atoms with Crippen LogP contribution < -0.4 is 5.32 Å². The second-order valence-corrected chi connectivity index (χ2v) is 11.9. The molecule has 2 saturated heterocycles. The van der Waals surface area contributed by atoms with Crippen LogP contribution in [0.25, 0.3) is 0 Å². The summed E-state index contributed by atoms with van der Waals surface area (Å²) in [5.41, 5.74) is -0.829. The van der Waals surface area contributed by atoms with Crippen molar-refractivity contribution < 1.29 is 14.3 Å². The summed E-state index contributed by atoms with van der Waals surface area (Å²) in [6, 6.07) is 3.02. The van der Waals surface area contributed by atoms with Gasteiger partial charge in [-0.2, -0.15) is 5.26 Å². The molecule has 4 fully saturated rings. The van der Waals surface area contributed by atoms with Gasteiger partial charge in [0.1, 0.15) is 5.54 Å². The molecule has 4 aliphatic rings. The maximum atomic E-state index is 13.7. The second kappa shape index (κ2) is 12.1. The average Bonchev–Trinajstić information content (AvgIpc) is 3.28. The lowest BCUT2D eigenvalue weighted by atomic mass is 9.81.